The van der Waals surface area contributed by atoms with Gasteiger partial charge in [-0.2, -0.15) is 0 Å². The molecule has 0 spiro atoms. The number of nitrogens with zero attached hydrogens (tertiary/aromatic N) is 4. The van der Waals surface area contributed by atoms with Crippen LogP contribution < -0.4 is 5.32 Å². The lowest BCUT2D eigenvalue weighted by atomic mass is 10.1. The maximum atomic E-state index is 12.6. The maximum absolute atomic E-state index is 12.6. The Balaban J connectivity index is 1.21. The number of carbonyl (C=O) groups excluding carboxylic acids is 1. The number of thiazole rings is 1. The van der Waals surface area contributed by atoms with Gasteiger partial charge in [-0.15, -0.1) is 10.2 Å². The zero-order chi connectivity index (χ0) is 21.7. The molecule has 1 fully saturated rings. The smallest absolute Gasteiger partial charge is 0.236 e. The summed E-state index contributed by atoms with van der Waals surface area (Å²) >= 11 is 2.91. The highest BCUT2D eigenvalue weighted by Gasteiger charge is 2.31. The van der Waals surface area contributed by atoms with Crippen LogP contribution in [0.4, 0.5) is 5.13 Å². The fourth-order valence-corrected chi connectivity index (χ4v) is 5.63. The molecule has 0 radical (unpaired) electrons. The first-order valence-electron chi connectivity index (χ1n) is 10.5. The molecule has 0 unspecified atom stereocenters. The van der Waals surface area contributed by atoms with Crippen molar-refractivity contribution in [2.45, 2.75) is 31.0 Å². The van der Waals surface area contributed by atoms with Gasteiger partial charge >= 0.3 is 0 Å². The number of H-pyrrole nitrogens is 1. The van der Waals surface area contributed by atoms with Crippen LogP contribution in [0, 0.1) is 6.92 Å². The number of anilines is 1. The van der Waals surface area contributed by atoms with Crippen molar-refractivity contribution < 1.29 is 4.79 Å². The van der Waals surface area contributed by atoms with E-state index in [1.165, 1.54) is 28.7 Å². The van der Waals surface area contributed by atoms with E-state index in [0.717, 1.165) is 50.5 Å². The summed E-state index contributed by atoms with van der Waals surface area (Å²) in [4.78, 5) is 20.4. The van der Waals surface area contributed by atoms with Crippen molar-refractivity contribution in [2.75, 3.05) is 11.1 Å². The fraction of sp³-hybridized carbons (Fsp3) is 0.217. The van der Waals surface area contributed by atoms with Crippen molar-refractivity contribution in [1.29, 1.82) is 0 Å². The lowest BCUT2D eigenvalue weighted by Gasteiger charge is -2.08. The summed E-state index contributed by atoms with van der Waals surface area (Å²) in [6, 6.07) is 14.7. The molecule has 160 valence electrons. The van der Waals surface area contributed by atoms with Gasteiger partial charge in [0.25, 0.3) is 0 Å². The first kappa shape index (κ1) is 19.5. The highest BCUT2D eigenvalue weighted by atomic mass is 32.2. The number of fused-ring (bicyclic) bond motifs is 2. The topological polar surface area (TPSA) is 88.5 Å². The third-order valence-corrected chi connectivity index (χ3v) is 7.41. The summed E-state index contributed by atoms with van der Waals surface area (Å²) in [5.41, 5.74) is 4.20. The van der Waals surface area contributed by atoms with Gasteiger partial charge in [0, 0.05) is 28.7 Å². The van der Waals surface area contributed by atoms with Gasteiger partial charge in [0.05, 0.1) is 16.0 Å². The van der Waals surface area contributed by atoms with Crippen LogP contribution in [0.2, 0.25) is 0 Å². The fourth-order valence-electron chi connectivity index (χ4n) is 3.85. The molecule has 0 aliphatic heterocycles. The Morgan fingerprint density at radius 3 is 3.00 bits per heavy atom. The maximum Gasteiger partial charge on any atom is 0.236 e. The largest absolute Gasteiger partial charge is 0.360 e. The number of amides is 1. The van der Waals surface area contributed by atoms with Gasteiger partial charge in [-0.05, 0) is 43.5 Å². The number of rotatable bonds is 6. The summed E-state index contributed by atoms with van der Waals surface area (Å²) in [6.07, 6.45) is 4.21. The minimum Gasteiger partial charge on any atom is -0.360 e. The van der Waals surface area contributed by atoms with Gasteiger partial charge in [-0.3, -0.25) is 9.36 Å². The van der Waals surface area contributed by atoms with Gasteiger partial charge < -0.3 is 10.3 Å². The Bertz CT molecular complexity index is 1460. The second-order valence-corrected chi connectivity index (χ2v) is 9.96. The number of aromatic amines is 1. The van der Waals surface area contributed by atoms with Crippen LogP contribution >= 0.6 is 23.1 Å². The van der Waals surface area contributed by atoms with Crippen LogP contribution in [0.5, 0.6) is 0 Å². The summed E-state index contributed by atoms with van der Waals surface area (Å²) in [6.45, 7) is 2.05. The highest BCUT2D eigenvalue weighted by molar-refractivity contribution is 7.99. The van der Waals surface area contributed by atoms with Crippen molar-refractivity contribution >= 4 is 55.3 Å². The normalized spacial score (nSPS) is 13.8. The molecule has 0 atom stereocenters. The molecule has 7 nitrogen and oxygen atoms in total. The predicted octanol–water partition coefficient (Wildman–Crippen LogP) is 5.41. The van der Waals surface area contributed by atoms with Crippen LogP contribution in [-0.4, -0.2) is 36.4 Å². The molecule has 2 N–H and O–H groups in total. The number of hydrogen-bond acceptors (Lipinski definition) is 6. The third-order valence-electron chi connectivity index (χ3n) is 5.53. The zero-order valence-corrected chi connectivity index (χ0v) is 19.0. The lowest BCUT2D eigenvalue weighted by Crippen LogP contribution is -2.14. The summed E-state index contributed by atoms with van der Waals surface area (Å²) < 4.78 is 3.26. The third kappa shape index (κ3) is 3.57. The van der Waals surface area contributed by atoms with Crippen molar-refractivity contribution in [3.63, 3.8) is 0 Å². The van der Waals surface area contributed by atoms with Crippen molar-refractivity contribution in [1.82, 2.24) is 24.7 Å². The van der Waals surface area contributed by atoms with Gasteiger partial charge in [0.15, 0.2) is 16.1 Å². The van der Waals surface area contributed by atoms with Crippen LogP contribution in [-0.2, 0) is 4.79 Å². The number of nitrogens with one attached hydrogen (secondary N) is 2. The number of hydrogen-bond donors (Lipinski definition) is 2. The number of para-hydroxylation sites is 1. The Labute approximate surface area is 192 Å². The molecule has 3 heterocycles. The van der Waals surface area contributed by atoms with E-state index in [0.29, 0.717) is 11.2 Å². The number of benzene rings is 2. The molecule has 2 aromatic carbocycles. The van der Waals surface area contributed by atoms with Crippen LogP contribution in [0.15, 0.2) is 53.8 Å². The molecule has 1 saturated carbocycles. The van der Waals surface area contributed by atoms with Gasteiger partial charge in [0.2, 0.25) is 5.91 Å². The average Bonchev–Trinajstić information content (AvgIpc) is 3.22. The SMILES string of the molecule is Cc1ccc2nc(NC(=O)CSc3nnc(-c4c[nH]c5ccccc45)n3C3CC3)sc2c1. The van der Waals surface area contributed by atoms with Crippen molar-refractivity contribution in [3.8, 4) is 11.4 Å². The monoisotopic (exact) mass is 460 g/mol. The number of aryl methyl sites for hydroxylation is 1. The van der Waals surface area contributed by atoms with Crippen LogP contribution in [0.25, 0.3) is 32.5 Å². The van der Waals surface area contributed by atoms with Crippen LogP contribution in [0.1, 0.15) is 24.4 Å². The van der Waals surface area contributed by atoms with Crippen LogP contribution in [0.3, 0.4) is 0 Å². The van der Waals surface area contributed by atoms with Gasteiger partial charge in [0.1, 0.15) is 0 Å². The molecule has 32 heavy (non-hydrogen) atoms. The standard InChI is InChI=1S/C23H20N6OS2/c1-13-6-9-18-19(10-13)32-22(25-18)26-20(30)12-31-23-28-27-21(29(23)14-7-8-14)16-11-24-17-5-3-2-4-15(16)17/h2-6,9-11,14,24H,7-8,12H2,1H3,(H,25,26,30). The van der Waals surface area contributed by atoms with E-state index in [1.807, 2.05) is 30.5 Å². The van der Waals surface area contributed by atoms with Gasteiger partial charge in [-0.1, -0.05) is 47.4 Å². The molecule has 1 aliphatic carbocycles. The summed E-state index contributed by atoms with van der Waals surface area (Å²) in [7, 11) is 0. The first-order valence-corrected chi connectivity index (χ1v) is 12.3. The molecule has 3 aromatic heterocycles. The minimum atomic E-state index is -0.0928. The summed E-state index contributed by atoms with van der Waals surface area (Å²) in [5, 5.41) is 14.4. The van der Waals surface area contributed by atoms with E-state index in [2.05, 4.69) is 55.2 Å². The molecular formula is C23H20N6OS2. The Hall–Kier alpha value is -3.17. The second kappa shape index (κ2) is 7.75. The van der Waals surface area contributed by atoms with E-state index < -0.39 is 0 Å². The minimum absolute atomic E-state index is 0.0928. The Morgan fingerprint density at radius 1 is 1.25 bits per heavy atom. The van der Waals surface area contributed by atoms with E-state index in [1.54, 1.807) is 0 Å². The molecule has 9 heteroatoms. The van der Waals surface area contributed by atoms with Crippen molar-refractivity contribution in [2.24, 2.45) is 0 Å². The molecular weight excluding hydrogens is 440 g/mol. The van der Waals surface area contributed by atoms with E-state index in [-0.39, 0.29) is 11.7 Å². The second-order valence-electron chi connectivity index (χ2n) is 7.98. The van der Waals surface area contributed by atoms with Crippen molar-refractivity contribution in [3.05, 3.63) is 54.2 Å². The van der Waals surface area contributed by atoms with E-state index >= 15 is 0 Å². The Kier molecular flexibility index (Phi) is 4.73. The molecule has 0 saturated heterocycles. The highest BCUT2D eigenvalue weighted by Crippen LogP contribution is 2.42. The quantitative estimate of drug-likeness (QED) is 0.331. The Morgan fingerprint density at radius 2 is 2.12 bits per heavy atom. The number of thioether (sulfide) groups is 1. The molecule has 1 aliphatic rings. The number of aromatic nitrogens is 5. The molecule has 1 amide bonds. The molecule has 5 aromatic rings. The van der Waals surface area contributed by atoms with Gasteiger partial charge in [-0.25, -0.2) is 4.98 Å². The lowest BCUT2D eigenvalue weighted by molar-refractivity contribution is -0.113. The van der Waals surface area contributed by atoms with E-state index in [9.17, 15) is 4.79 Å². The molecule has 0 bridgehead atoms. The summed E-state index contributed by atoms with van der Waals surface area (Å²) in [5.74, 6) is 1.02. The predicted molar refractivity (Wildman–Crippen MR) is 129 cm³/mol. The number of carbonyl (C=O) groups is 1. The first-order chi connectivity index (χ1) is 15.7. The zero-order valence-electron chi connectivity index (χ0n) is 17.3. The molecule has 6 rings (SSSR count). The average molecular weight is 461 g/mol. The van der Waals surface area contributed by atoms with E-state index in [4.69, 9.17) is 0 Å².